The summed E-state index contributed by atoms with van der Waals surface area (Å²) in [7, 11) is 1.57. The van der Waals surface area contributed by atoms with Gasteiger partial charge in [0.05, 0.1) is 5.56 Å². The molecular weight excluding hydrogens is 259 g/mol. The lowest BCUT2D eigenvalue weighted by molar-refractivity contribution is -0.137. The minimum Gasteiger partial charge on any atom is -0.398 e. The molecule has 0 fully saturated rings. The number of rotatable bonds is 2. The monoisotopic (exact) mass is 269 g/mol. The van der Waals surface area contributed by atoms with E-state index >= 15 is 0 Å². The first-order valence-electron chi connectivity index (χ1n) is 5.29. The van der Waals surface area contributed by atoms with Crippen LogP contribution in [0.5, 0.6) is 0 Å². The summed E-state index contributed by atoms with van der Waals surface area (Å²) < 4.78 is 39.3. The summed E-state index contributed by atoms with van der Waals surface area (Å²) in [6.07, 6.45) is -1.61. The van der Waals surface area contributed by atoms with Crippen molar-refractivity contribution in [3.05, 3.63) is 47.5 Å². The molecule has 0 atom stereocenters. The van der Waals surface area contributed by atoms with Crippen LogP contribution in [-0.2, 0) is 13.2 Å². The Kier molecular flexibility index (Phi) is 3.05. The third-order valence-electron chi connectivity index (χ3n) is 2.65. The zero-order valence-electron chi connectivity index (χ0n) is 9.90. The lowest BCUT2D eigenvalue weighted by Gasteiger charge is -2.10. The summed E-state index contributed by atoms with van der Waals surface area (Å²) in [5, 5.41) is 0. The fourth-order valence-electron chi connectivity index (χ4n) is 1.63. The van der Waals surface area contributed by atoms with Crippen LogP contribution in [0.25, 0.3) is 0 Å². The Balaban J connectivity index is 2.51. The zero-order valence-corrected chi connectivity index (χ0v) is 9.90. The number of carbonyl (C=O) groups excluding carboxylic acids is 1. The van der Waals surface area contributed by atoms with Crippen molar-refractivity contribution in [1.29, 1.82) is 0 Å². The van der Waals surface area contributed by atoms with E-state index in [4.69, 9.17) is 5.73 Å². The fraction of sp³-hybridized carbons (Fsp3) is 0.167. The number of carbonyl (C=O) groups is 1. The summed E-state index contributed by atoms with van der Waals surface area (Å²) in [5.74, 6) is -0.609. The summed E-state index contributed by atoms with van der Waals surface area (Å²) in [6.45, 7) is 0. The average Bonchev–Trinajstić information content (AvgIpc) is 2.73. The molecule has 0 amide bonds. The van der Waals surface area contributed by atoms with Gasteiger partial charge in [0.2, 0.25) is 5.78 Å². The van der Waals surface area contributed by atoms with Gasteiger partial charge in [-0.25, -0.2) is 4.98 Å². The predicted octanol–water partition coefficient (Wildman–Crippen LogP) is 2.25. The highest BCUT2D eigenvalue weighted by molar-refractivity contribution is 6.10. The van der Waals surface area contributed by atoms with Crippen molar-refractivity contribution in [3.8, 4) is 0 Å². The third kappa shape index (κ3) is 2.44. The Morgan fingerprint density at radius 3 is 2.58 bits per heavy atom. The predicted molar refractivity (Wildman–Crippen MR) is 62.5 cm³/mol. The van der Waals surface area contributed by atoms with E-state index in [1.165, 1.54) is 17.0 Å². The second-order valence-corrected chi connectivity index (χ2v) is 3.99. The number of aryl methyl sites for hydroxylation is 1. The molecule has 19 heavy (non-hydrogen) atoms. The molecule has 0 aliphatic rings. The van der Waals surface area contributed by atoms with E-state index in [9.17, 15) is 18.0 Å². The molecule has 100 valence electrons. The molecule has 7 heteroatoms. The number of aromatic nitrogens is 2. The van der Waals surface area contributed by atoms with E-state index < -0.39 is 17.5 Å². The van der Waals surface area contributed by atoms with Crippen molar-refractivity contribution in [2.75, 3.05) is 5.73 Å². The van der Waals surface area contributed by atoms with Crippen LogP contribution in [-0.4, -0.2) is 15.3 Å². The highest BCUT2D eigenvalue weighted by Gasteiger charge is 2.32. The van der Waals surface area contributed by atoms with Gasteiger partial charge in [0, 0.05) is 30.7 Å². The third-order valence-corrected chi connectivity index (χ3v) is 2.65. The van der Waals surface area contributed by atoms with E-state index in [0.717, 1.165) is 18.2 Å². The van der Waals surface area contributed by atoms with Crippen molar-refractivity contribution in [2.24, 2.45) is 7.05 Å². The molecule has 0 saturated carbocycles. The summed E-state index contributed by atoms with van der Waals surface area (Å²) >= 11 is 0. The van der Waals surface area contributed by atoms with Gasteiger partial charge in [0.25, 0.3) is 0 Å². The van der Waals surface area contributed by atoms with Gasteiger partial charge in [0.15, 0.2) is 5.82 Å². The number of anilines is 1. The van der Waals surface area contributed by atoms with Gasteiger partial charge >= 0.3 is 6.18 Å². The maximum Gasteiger partial charge on any atom is 0.416 e. The van der Waals surface area contributed by atoms with Crippen LogP contribution in [0.3, 0.4) is 0 Å². The number of halogens is 3. The highest BCUT2D eigenvalue weighted by Crippen LogP contribution is 2.31. The molecular formula is C12H10F3N3O. The first-order valence-corrected chi connectivity index (χ1v) is 5.29. The average molecular weight is 269 g/mol. The van der Waals surface area contributed by atoms with Gasteiger partial charge in [0.1, 0.15) is 0 Å². The Hall–Kier alpha value is -2.31. The molecule has 2 aromatic rings. The van der Waals surface area contributed by atoms with Crippen LogP contribution in [0.15, 0.2) is 30.6 Å². The van der Waals surface area contributed by atoms with Crippen molar-refractivity contribution < 1.29 is 18.0 Å². The Morgan fingerprint density at radius 2 is 2.05 bits per heavy atom. The maximum absolute atomic E-state index is 12.6. The van der Waals surface area contributed by atoms with Crippen LogP contribution in [0.1, 0.15) is 21.7 Å². The lowest BCUT2D eigenvalue weighted by atomic mass is 10.0. The number of benzene rings is 1. The van der Waals surface area contributed by atoms with Crippen LogP contribution >= 0.6 is 0 Å². The van der Waals surface area contributed by atoms with E-state index in [2.05, 4.69) is 4.98 Å². The second kappa shape index (κ2) is 4.42. The number of alkyl halides is 3. The van der Waals surface area contributed by atoms with Gasteiger partial charge < -0.3 is 10.3 Å². The van der Waals surface area contributed by atoms with E-state index in [1.807, 2.05) is 0 Å². The number of imidazole rings is 1. The zero-order chi connectivity index (χ0) is 14.2. The normalized spacial score (nSPS) is 11.6. The topological polar surface area (TPSA) is 60.9 Å². The molecule has 4 nitrogen and oxygen atoms in total. The van der Waals surface area contributed by atoms with E-state index in [0.29, 0.717) is 0 Å². The van der Waals surface area contributed by atoms with Crippen molar-refractivity contribution >= 4 is 11.5 Å². The maximum atomic E-state index is 12.6. The number of nitrogens with zero attached hydrogens (tertiary/aromatic N) is 2. The van der Waals surface area contributed by atoms with Crippen LogP contribution < -0.4 is 5.73 Å². The molecule has 2 rings (SSSR count). The van der Waals surface area contributed by atoms with Gasteiger partial charge in [-0.3, -0.25) is 4.79 Å². The van der Waals surface area contributed by atoms with Gasteiger partial charge in [-0.15, -0.1) is 0 Å². The Bertz CT molecular complexity index is 631. The van der Waals surface area contributed by atoms with E-state index in [1.54, 1.807) is 7.05 Å². The van der Waals surface area contributed by atoms with Gasteiger partial charge in [-0.1, -0.05) is 0 Å². The molecule has 0 radical (unpaired) electrons. The minimum absolute atomic E-state index is 0.0130. The molecule has 2 N–H and O–H groups in total. The second-order valence-electron chi connectivity index (χ2n) is 3.99. The highest BCUT2D eigenvalue weighted by atomic mass is 19.4. The molecule has 0 saturated heterocycles. The molecule has 1 aromatic carbocycles. The fourth-order valence-corrected chi connectivity index (χ4v) is 1.63. The number of hydrogen-bond donors (Lipinski definition) is 1. The summed E-state index contributed by atoms with van der Waals surface area (Å²) in [4.78, 5) is 15.9. The standard InChI is InChI=1S/C12H10F3N3O/c1-18-5-4-17-11(18)10(19)8-6-7(12(13,14)15)2-3-9(8)16/h2-6H,16H2,1H3. The summed E-state index contributed by atoms with van der Waals surface area (Å²) in [5.41, 5.74) is 4.43. The number of ketones is 1. The first-order chi connectivity index (χ1) is 8.80. The molecule has 1 heterocycles. The smallest absolute Gasteiger partial charge is 0.398 e. The van der Waals surface area contributed by atoms with Crippen LogP contribution in [0, 0.1) is 0 Å². The lowest BCUT2D eigenvalue weighted by Crippen LogP contribution is -2.13. The van der Waals surface area contributed by atoms with Crippen LogP contribution in [0.2, 0.25) is 0 Å². The molecule has 0 unspecified atom stereocenters. The van der Waals surface area contributed by atoms with Gasteiger partial charge in [-0.05, 0) is 18.2 Å². The summed E-state index contributed by atoms with van der Waals surface area (Å²) in [6, 6.07) is 2.65. The molecule has 0 bridgehead atoms. The molecule has 0 aliphatic heterocycles. The van der Waals surface area contributed by atoms with Crippen molar-refractivity contribution in [2.45, 2.75) is 6.18 Å². The minimum atomic E-state index is -4.52. The van der Waals surface area contributed by atoms with E-state index in [-0.39, 0.29) is 17.1 Å². The van der Waals surface area contributed by atoms with Crippen molar-refractivity contribution in [3.63, 3.8) is 0 Å². The molecule has 0 spiro atoms. The quantitative estimate of drug-likeness (QED) is 0.672. The Labute approximate surface area is 106 Å². The number of hydrogen-bond acceptors (Lipinski definition) is 3. The molecule has 0 aliphatic carbocycles. The largest absolute Gasteiger partial charge is 0.416 e. The SMILES string of the molecule is Cn1ccnc1C(=O)c1cc(C(F)(F)F)ccc1N. The first kappa shape index (κ1) is 13.1. The number of nitrogens with two attached hydrogens (primary N) is 1. The Morgan fingerprint density at radius 1 is 1.37 bits per heavy atom. The number of nitrogen functional groups attached to an aromatic ring is 1. The molecule has 1 aromatic heterocycles. The van der Waals surface area contributed by atoms with Crippen molar-refractivity contribution in [1.82, 2.24) is 9.55 Å². The van der Waals surface area contributed by atoms with Gasteiger partial charge in [-0.2, -0.15) is 13.2 Å². The van der Waals surface area contributed by atoms with Crippen LogP contribution in [0.4, 0.5) is 18.9 Å².